The van der Waals surface area contributed by atoms with Crippen molar-refractivity contribution in [3.05, 3.63) is 60.7 Å². The van der Waals surface area contributed by atoms with Crippen LogP contribution in [0, 0.1) is 0 Å². The van der Waals surface area contributed by atoms with E-state index in [0.717, 1.165) is 80.6 Å². The van der Waals surface area contributed by atoms with Crippen molar-refractivity contribution in [2.45, 2.75) is 25.7 Å². The number of benzene rings is 2. The standard InChI is InChI=1S/C30H40N8OS/c1-35(21-22-38(29(31)40)24-11-13-26(14-12-24)39-25-9-3-2-4-10-25)20-15-32-27-23-28(36-16-5-6-17-36)34-30(33-27)37-18-7-8-19-37/h2-4,9-14,23H,5-8,15-22H2,1H3,(H2,31,40)(H,32,33,34). The lowest BCUT2D eigenvalue weighted by Gasteiger charge is -2.26. The van der Waals surface area contributed by atoms with Gasteiger partial charge in [-0.3, -0.25) is 0 Å². The summed E-state index contributed by atoms with van der Waals surface area (Å²) in [6.45, 7) is 7.35. The first kappa shape index (κ1) is 27.9. The van der Waals surface area contributed by atoms with Gasteiger partial charge in [-0.25, -0.2) is 0 Å². The number of thiocarbonyl (C=S) groups is 1. The van der Waals surface area contributed by atoms with Crippen LogP contribution in [0.15, 0.2) is 60.7 Å². The van der Waals surface area contributed by atoms with Gasteiger partial charge in [0.2, 0.25) is 5.95 Å². The van der Waals surface area contributed by atoms with Crippen LogP contribution < -0.4 is 30.5 Å². The van der Waals surface area contributed by atoms with Crippen LogP contribution in [0.5, 0.6) is 11.5 Å². The average Bonchev–Trinajstić information content (AvgIpc) is 3.70. The van der Waals surface area contributed by atoms with Gasteiger partial charge in [-0.15, -0.1) is 0 Å². The third kappa shape index (κ3) is 7.51. The highest BCUT2D eigenvalue weighted by atomic mass is 32.1. The summed E-state index contributed by atoms with van der Waals surface area (Å²) >= 11 is 5.37. The van der Waals surface area contributed by atoms with Crippen molar-refractivity contribution >= 4 is 40.6 Å². The third-order valence-corrected chi connectivity index (χ3v) is 7.64. The zero-order valence-corrected chi connectivity index (χ0v) is 24.2. The SMILES string of the molecule is CN(CCNc1cc(N2CCCC2)nc(N2CCCC2)n1)CCN(C(N)=S)c1ccc(Oc2ccccc2)cc1. The Hall–Kier alpha value is -3.63. The van der Waals surface area contributed by atoms with E-state index in [1.165, 1.54) is 25.7 Å². The second-order valence-electron chi connectivity index (χ2n) is 10.4. The molecular weight excluding hydrogens is 520 g/mol. The molecule has 9 nitrogen and oxygen atoms in total. The number of ether oxygens (including phenoxy) is 1. The molecule has 1 aromatic heterocycles. The predicted molar refractivity (Wildman–Crippen MR) is 168 cm³/mol. The van der Waals surface area contributed by atoms with Crippen LogP contribution in [0.1, 0.15) is 25.7 Å². The number of rotatable bonds is 12. The van der Waals surface area contributed by atoms with Crippen molar-refractivity contribution in [3.63, 3.8) is 0 Å². The molecule has 0 radical (unpaired) electrons. The molecule has 2 aromatic carbocycles. The predicted octanol–water partition coefficient (Wildman–Crippen LogP) is 4.56. The maximum atomic E-state index is 6.10. The maximum Gasteiger partial charge on any atom is 0.229 e. The number of nitrogens with one attached hydrogen (secondary N) is 1. The van der Waals surface area contributed by atoms with E-state index in [1.807, 2.05) is 59.5 Å². The van der Waals surface area contributed by atoms with Gasteiger partial charge in [0.25, 0.3) is 0 Å². The Bertz CT molecular complexity index is 1200. The molecule has 2 aliphatic heterocycles. The molecule has 40 heavy (non-hydrogen) atoms. The second-order valence-corrected chi connectivity index (χ2v) is 10.8. The summed E-state index contributed by atoms with van der Waals surface area (Å²) in [6.07, 6.45) is 4.87. The Kier molecular flexibility index (Phi) is 9.51. The molecule has 212 valence electrons. The molecule has 0 bridgehead atoms. The molecule has 2 saturated heterocycles. The van der Waals surface area contributed by atoms with Crippen LogP contribution in [0.4, 0.5) is 23.3 Å². The van der Waals surface area contributed by atoms with E-state index in [1.54, 1.807) is 0 Å². The summed E-state index contributed by atoms with van der Waals surface area (Å²) in [7, 11) is 2.11. The summed E-state index contributed by atoms with van der Waals surface area (Å²) in [5.74, 6) is 4.36. The van der Waals surface area contributed by atoms with E-state index in [-0.39, 0.29) is 0 Å². The number of hydrogen-bond acceptors (Lipinski definition) is 8. The summed E-state index contributed by atoms with van der Waals surface area (Å²) in [4.78, 5) is 18.7. The fourth-order valence-electron chi connectivity index (χ4n) is 5.12. The number of nitrogens with zero attached hydrogens (tertiary/aromatic N) is 6. The van der Waals surface area contributed by atoms with Gasteiger partial charge in [0.1, 0.15) is 23.1 Å². The largest absolute Gasteiger partial charge is 0.457 e. The number of aromatic nitrogens is 2. The minimum atomic E-state index is 0.355. The second kappa shape index (κ2) is 13.6. The molecule has 3 heterocycles. The van der Waals surface area contributed by atoms with Crippen molar-refractivity contribution in [1.29, 1.82) is 0 Å². The van der Waals surface area contributed by atoms with Gasteiger partial charge in [0.05, 0.1) is 0 Å². The van der Waals surface area contributed by atoms with Gasteiger partial charge in [0.15, 0.2) is 5.11 Å². The molecule has 3 N–H and O–H groups in total. The van der Waals surface area contributed by atoms with E-state index in [0.29, 0.717) is 11.7 Å². The summed E-state index contributed by atoms with van der Waals surface area (Å²) in [6, 6.07) is 19.7. The Balaban J connectivity index is 1.13. The van der Waals surface area contributed by atoms with Crippen molar-refractivity contribution in [2.75, 3.05) is 79.4 Å². The quantitative estimate of drug-likeness (QED) is 0.308. The van der Waals surface area contributed by atoms with Crippen molar-refractivity contribution in [2.24, 2.45) is 5.73 Å². The highest BCUT2D eigenvalue weighted by Gasteiger charge is 2.20. The molecule has 10 heteroatoms. The van der Waals surface area contributed by atoms with Crippen molar-refractivity contribution in [3.8, 4) is 11.5 Å². The Morgan fingerprint density at radius 1 is 0.875 bits per heavy atom. The first-order chi connectivity index (χ1) is 19.5. The number of hydrogen-bond donors (Lipinski definition) is 2. The summed E-state index contributed by atoms with van der Waals surface area (Å²) in [5.41, 5.74) is 7.05. The van der Waals surface area contributed by atoms with Gasteiger partial charge in [-0.2, -0.15) is 9.97 Å². The van der Waals surface area contributed by atoms with E-state index in [9.17, 15) is 0 Å². The van der Waals surface area contributed by atoms with Crippen molar-refractivity contribution in [1.82, 2.24) is 14.9 Å². The molecule has 3 aromatic rings. The number of anilines is 4. The molecule has 2 fully saturated rings. The molecule has 0 spiro atoms. The van der Waals surface area contributed by atoms with Gasteiger partial charge in [-0.05, 0) is 81.3 Å². The highest BCUT2D eigenvalue weighted by molar-refractivity contribution is 7.80. The normalized spacial score (nSPS) is 15.1. The number of likely N-dealkylation sites (N-methyl/N-ethyl adjacent to an activating group) is 1. The van der Waals surface area contributed by atoms with Crippen LogP contribution in [0.3, 0.4) is 0 Å². The number of nitrogens with two attached hydrogens (primary N) is 1. The molecule has 0 amide bonds. The highest BCUT2D eigenvalue weighted by Crippen LogP contribution is 2.26. The smallest absolute Gasteiger partial charge is 0.229 e. The molecular formula is C30H40N8OS. The molecule has 2 aliphatic rings. The molecule has 0 saturated carbocycles. The van der Waals surface area contributed by atoms with E-state index < -0.39 is 0 Å². The van der Waals surface area contributed by atoms with E-state index >= 15 is 0 Å². The van der Waals surface area contributed by atoms with E-state index in [2.05, 4.69) is 33.1 Å². The lowest BCUT2D eigenvalue weighted by atomic mass is 10.2. The van der Waals surface area contributed by atoms with Crippen LogP contribution in [0.25, 0.3) is 0 Å². The van der Waals surface area contributed by atoms with Gasteiger partial charge >= 0.3 is 0 Å². The fourth-order valence-corrected chi connectivity index (χ4v) is 5.32. The van der Waals surface area contributed by atoms with Crippen molar-refractivity contribution < 1.29 is 4.74 Å². The van der Waals surface area contributed by atoms with Gasteiger partial charge in [-0.1, -0.05) is 18.2 Å². The zero-order valence-electron chi connectivity index (χ0n) is 23.3. The Morgan fingerprint density at radius 3 is 2.20 bits per heavy atom. The summed E-state index contributed by atoms with van der Waals surface area (Å²) < 4.78 is 5.91. The molecule has 5 rings (SSSR count). The first-order valence-electron chi connectivity index (χ1n) is 14.3. The Morgan fingerprint density at radius 2 is 1.52 bits per heavy atom. The van der Waals surface area contributed by atoms with Crippen LogP contribution >= 0.6 is 12.2 Å². The Labute approximate surface area is 242 Å². The van der Waals surface area contributed by atoms with E-state index in [4.69, 9.17) is 32.7 Å². The topological polar surface area (TPSA) is 86.0 Å². The minimum Gasteiger partial charge on any atom is -0.457 e. The maximum absolute atomic E-state index is 6.10. The molecule has 0 unspecified atom stereocenters. The van der Waals surface area contributed by atoms with Gasteiger partial charge < -0.3 is 35.4 Å². The average molecular weight is 561 g/mol. The van der Waals surface area contributed by atoms with Crippen LogP contribution in [0.2, 0.25) is 0 Å². The molecule has 0 aliphatic carbocycles. The lowest BCUT2D eigenvalue weighted by molar-refractivity contribution is 0.357. The molecule has 0 atom stereocenters. The minimum absolute atomic E-state index is 0.355. The fraction of sp³-hybridized carbons (Fsp3) is 0.433. The van der Waals surface area contributed by atoms with Crippen LogP contribution in [-0.4, -0.2) is 79.4 Å². The monoisotopic (exact) mass is 560 g/mol. The first-order valence-corrected chi connectivity index (χ1v) is 14.7. The van der Waals surface area contributed by atoms with Gasteiger partial charge in [0, 0.05) is 64.1 Å². The number of para-hydroxylation sites is 1. The zero-order chi connectivity index (χ0) is 27.7. The lowest BCUT2D eigenvalue weighted by Crippen LogP contribution is -2.41. The van der Waals surface area contributed by atoms with Crippen LogP contribution in [-0.2, 0) is 0 Å². The third-order valence-electron chi connectivity index (χ3n) is 7.42. The summed E-state index contributed by atoms with van der Waals surface area (Å²) in [5, 5.41) is 3.90.